The lowest BCUT2D eigenvalue weighted by molar-refractivity contribution is -0.118. The lowest BCUT2D eigenvalue weighted by atomic mass is 10.2. The minimum atomic E-state index is 0.0577. The van der Waals surface area contributed by atoms with E-state index >= 15 is 0 Å². The lowest BCUT2D eigenvalue weighted by Crippen LogP contribution is -2.27. The van der Waals surface area contributed by atoms with Crippen molar-refractivity contribution in [1.29, 1.82) is 5.26 Å². The van der Waals surface area contributed by atoms with E-state index in [2.05, 4.69) is 11.4 Å². The molecule has 1 N–H and O–H groups in total. The van der Waals surface area contributed by atoms with E-state index in [9.17, 15) is 4.79 Å². The summed E-state index contributed by atoms with van der Waals surface area (Å²) in [7, 11) is 1.78. The van der Waals surface area contributed by atoms with E-state index in [4.69, 9.17) is 5.26 Å². The highest BCUT2D eigenvalue weighted by molar-refractivity contribution is 5.93. The molecular weight excluding hydrogens is 262 g/mol. The first-order valence-electron chi connectivity index (χ1n) is 6.76. The summed E-state index contributed by atoms with van der Waals surface area (Å²) < 4.78 is 0. The van der Waals surface area contributed by atoms with Gasteiger partial charge >= 0.3 is 0 Å². The molecule has 0 saturated heterocycles. The standard InChI is InChI=1S/C17H17N3O/c1-20(16-5-3-2-4-6-16)17(21)11-12-19-15-9-7-14(13-18)8-10-15/h2-10,19H,11-12H2,1H3. The molecule has 0 unspecified atom stereocenters. The van der Waals surface area contributed by atoms with E-state index in [0.29, 0.717) is 18.5 Å². The molecule has 106 valence electrons. The predicted octanol–water partition coefficient (Wildman–Crippen LogP) is 3.02. The molecule has 2 aromatic rings. The summed E-state index contributed by atoms with van der Waals surface area (Å²) in [6.07, 6.45) is 0.408. The molecule has 0 radical (unpaired) electrons. The molecule has 0 aliphatic heterocycles. The first-order valence-corrected chi connectivity index (χ1v) is 6.76. The summed E-state index contributed by atoms with van der Waals surface area (Å²) in [5.41, 5.74) is 2.42. The van der Waals surface area contributed by atoms with Crippen LogP contribution >= 0.6 is 0 Å². The summed E-state index contributed by atoms with van der Waals surface area (Å²) >= 11 is 0. The van der Waals surface area contributed by atoms with Gasteiger partial charge in [0.15, 0.2) is 0 Å². The summed E-state index contributed by atoms with van der Waals surface area (Å²) in [6.45, 7) is 0.557. The Morgan fingerprint density at radius 2 is 1.81 bits per heavy atom. The number of carbonyl (C=O) groups is 1. The Labute approximate surface area is 124 Å². The fourth-order valence-corrected chi connectivity index (χ4v) is 1.94. The smallest absolute Gasteiger partial charge is 0.228 e. The number of nitrogens with zero attached hydrogens (tertiary/aromatic N) is 2. The van der Waals surface area contributed by atoms with Crippen LogP contribution in [0.3, 0.4) is 0 Å². The fourth-order valence-electron chi connectivity index (χ4n) is 1.94. The topological polar surface area (TPSA) is 56.1 Å². The molecule has 1 amide bonds. The maximum absolute atomic E-state index is 12.1. The van der Waals surface area contributed by atoms with E-state index < -0.39 is 0 Å². The number of amides is 1. The van der Waals surface area contributed by atoms with Crippen molar-refractivity contribution >= 4 is 17.3 Å². The van der Waals surface area contributed by atoms with E-state index in [0.717, 1.165) is 11.4 Å². The lowest BCUT2D eigenvalue weighted by Gasteiger charge is -2.17. The quantitative estimate of drug-likeness (QED) is 0.915. The highest BCUT2D eigenvalue weighted by Crippen LogP contribution is 2.13. The Hall–Kier alpha value is -2.80. The maximum Gasteiger partial charge on any atom is 0.228 e. The van der Waals surface area contributed by atoms with E-state index in [1.165, 1.54) is 0 Å². The highest BCUT2D eigenvalue weighted by Gasteiger charge is 2.09. The summed E-state index contributed by atoms with van der Waals surface area (Å²) in [5, 5.41) is 11.9. The number of rotatable bonds is 5. The van der Waals surface area contributed by atoms with E-state index in [-0.39, 0.29) is 5.91 Å². The van der Waals surface area contributed by atoms with Gasteiger partial charge in [-0.25, -0.2) is 0 Å². The second-order valence-corrected chi connectivity index (χ2v) is 4.65. The van der Waals surface area contributed by atoms with Crippen molar-refractivity contribution in [2.75, 3.05) is 23.8 Å². The first kappa shape index (κ1) is 14.6. The average molecular weight is 279 g/mol. The van der Waals surface area contributed by atoms with Crippen molar-refractivity contribution in [3.8, 4) is 6.07 Å². The Morgan fingerprint density at radius 1 is 1.14 bits per heavy atom. The zero-order valence-corrected chi connectivity index (χ0v) is 11.9. The van der Waals surface area contributed by atoms with Gasteiger partial charge in [-0.05, 0) is 36.4 Å². The van der Waals surface area contributed by atoms with Gasteiger partial charge in [-0.3, -0.25) is 4.79 Å². The van der Waals surface area contributed by atoms with Crippen molar-refractivity contribution in [2.24, 2.45) is 0 Å². The van der Waals surface area contributed by atoms with Crippen molar-refractivity contribution in [1.82, 2.24) is 0 Å². The van der Waals surface area contributed by atoms with Crippen LogP contribution in [0.1, 0.15) is 12.0 Å². The molecule has 0 aliphatic carbocycles. The van der Waals surface area contributed by atoms with Gasteiger partial charge in [-0.1, -0.05) is 18.2 Å². The molecule has 21 heavy (non-hydrogen) atoms. The molecule has 0 atom stereocenters. The number of nitrogens with one attached hydrogen (secondary N) is 1. The number of para-hydroxylation sites is 1. The third-order valence-corrected chi connectivity index (χ3v) is 3.20. The number of hydrogen-bond acceptors (Lipinski definition) is 3. The number of nitriles is 1. The summed E-state index contributed by atoms with van der Waals surface area (Å²) in [4.78, 5) is 13.7. The second kappa shape index (κ2) is 7.11. The Balaban J connectivity index is 1.82. The van der Waals surface area contributed by atoms with Gasteiger partial charge in [0.05, 0.1) is 11.6 Å². The van der Waals surface area contributed by atoms with Crippen LogP contribution in [-0.4, -0.2) is 19.5 Å². The highest BCUT2D eigenvalue weighted by atomic mass is 16.2. The molecule has 2 aromatic carbocycles. The Kier molecular flexibility index (Phi) is 4.94. The van der Waals surface area contributed by atoms with Crippen LogP contribution in [0.5, 0.6) is 0 Å². The predicted molar refractivity (Wildman–Crippen MR) is 84.1 cm³/mol. The van der Waals surface area contributed by atoms with Crippen molar-refractivity contribution in [2.45, 2.75) is 6.42 Å². The van der Waals surface area contributed by atoms with Crippen LogP contribution in [0.25, 0.3) is 0 Å². The van der Waals surface area contributed by atoms with Gasteiger partial charge in [0, 0.05) is 31.4 Å². The van der Waals surface area contributed by atoms with Crippen molar-refractivity contribution < 1.29 is 4.79 Å². The minimum Gasteiger partial charge on any atom is -0.385 e. The normalized spacial score (nSPS) is 9.71. The van der Waals surface area contributed by atoms with Crippen LogP contribution in [-0.2, 0) is 4.79 Å². The van der Waals surface area contributed by atoms with Crippen LogP contribution in [0, 0.1) is 11.3 Å². The average Bonchev–Trinajstić information content (AvgIpc) is 2.55. The summed E-state index contributed by atoms with van der Waals surface area (Å²) in [5.74, 6) is 0.0577. The fraction of sp³-hybridized carbons (Fsp3) is 0.176. The molecular formula is C17H17N3O. The molecule has 4 nitrogen and oxygen atoms in total. The largest absolute Gasteiger partial charge is 0.385 e. The summed E-state index contributed by atoms with van der Waals surface area (Å²) in [6, 6.07) is 18.8. The van der Waals surface area contributed by atoms with Gasteiger partial charge < -0.3 is 10.2 Å². The molecule has 0 fully saturated rings. The molecule has 0 bridgehead atoms. The van der Waals surface area contributed by atoms with Gasteiger partial charge in [-0.15, -0.1) is 0 Å². The van der Waals surface area contributed by atoms with Crippen LogP contribution in [0.15, 0.2) is 54.6 Å². The minimum absolute atomic E-state index is 0.0577. The molecule has 2 rings (SSSR count). The monoisotopic (exact) mass is 279 g/mol. The van der Waals surface area contributed by atoms with Crippen LogP contribution < -0.4 is 10.2 Å². The van der Waals surface area contributed by atoms with E-state index in [1.807, 2.05) is 42.5 Å². The third kappa shape index (κ3) is 4.08. The van der Waals surface area contributed by atoms with Gasteiger partial charge in [-0.2, -0.15) is 5.26 Å². The Morgan fingerprint density at radius 3 is 2.43 bits per heavy atom. The molecule has 4 heteroatoms. The molecule has 0 aliphatic rings. The molecule has 0 aromatic heterocycles. The van der Waals surface area contributed by atoms with E-state index in [1.54, 1.807) is 24.1 Å². The number of carbonyl (C=O) groups excluding carboxylic acids is 1. The van der Waals surface area contributed by atoms with Crippen molar-refractivity contribution in [3.63, 3.8) is 0 Å². The molecule has 0 saturated carbocycles. The van der Waals surface area contributed by atoms with Crippen molar-refractivity contribution in [3.05, 3.63) is 60.2 Å². The SMILES string of the molecule is CN(C(=O)CCNc1ccc(C#N)cc1)c1ccccc1. The number of anilines is 2. The zero-order chi connectivity index (χ0) is 15.1. The second-order valence-electron chi connectivity index (χ2n) is 4.65. The van der Waals surface area contributed by atoms with Crippen LogP contribution in [0.2, 0.25) is 0 Å². The van der Waals surface area contributed by atoms with Crippen LogP contribution in [0.4, 0.5) is 11.4 Å². The number of benzene rings is 2. The first-order chi connectivity index (χ1) is 10.2. The molecule has 0 spiro atoms. The molecule has 0 heterocycles. The zero-order valence-electron chi connectivity index (χ0n) is 11.9. The van der Waals surface area contributed by atoms with Gasteiger partial charge in [0.25, 0.3) is 0 Å². The third-order valence-electron chi connectivity index (χ3n) is 3.20. The Bertz CT molecular complexity index is 629. The maximum atomic E-state index is 12.1. The van der Waals surface area contributed by atoms with Gasteiger partial charge in [0.2, 0.25) is 5.91 Å². The van der Waals surface area contributed by atoms with Gasteiger partial charge in [0.1, 0.15) is 0 Å². The number of hydrogen-bond donors (Lipinski definition) is 1.